The van der Waals surface area contributed by atoms with Gasteiger partial charge in [0.2, 0.25) is 5.91 Å². The summed E-state index contributed by atoms with van der Waals surface area (Å²) in [6, 6.07) is 8.12. The van der Waals surface area contributed by atoms with Crippen LogP contribution in [0, 0.1) is 0 Å². The first kappa shape index (κ1) is 16.1. The van der Waals surface area contributed by atoms with Crippen LogP contribution in [0.5, 0.6) is 0 Å². The van der Waals surface area contributed by atoms with Gasteiger partial charge in [-0.05, 0) is 45.0 Å². The molecule has 0 saturated carbocycles. The maximum absolute atomic E-state index is 11.9. The second-order valence-corrected chi connectivity index (χ2v) is 5.92. The van der Waals surface area contributed by atoms with Crippen LogP contribution >= 0.6 is 11.6 Å². The summed E-state index contributed by atoms with van der Waals surface area (Å²) in [5, 5.41) is 6.98. The van der Waals surface area contributed by atoms with Crippen molar-refractivity contribution in [2.45, 2.75) is 31.7 Å². The molecule has 0 bridgehead atoms. The van der Waals surface area contributed by atoms with Crippen molar-refractivity contribution in [3.05, 3.63) is 29.3 Å². The van der Waals surface area contributed by atoms with Crippen LogP contribution in [0.2, 0.25) is 5.02 Å². The molecular weight excluding hydrogens is 286 g/mol. The third-order valence-electron chi connectivity index (χ3n) is 3.81. The molecule has 4 nitrogen and oxygen atoms in total. The fraction of sp³-hybridized carbons (Fsp3) is 0.562. The van der Waals surface area contributed by atoms with Crippen molar-refractivity contribution >= 4 is 23.2 Å². The summed E-state index contributed by atoms with van der Waals surface area (Å²) in [6.45, 7) is 2.71. The first-order chi connectivity index (χ1) is 10.2. The van der Waals surface area contributed by atoms with Gasteiger partial charge in [-0.25, -0.2) is 0 Å². The molecule has 21 heavy (non-hydrogen) atoms. The molecular formula is C16H24ClN3O. The number of piperidine rings is 1. The van der Waals surface area contributed by atoms with Gasteiger partial charge in [-0.2, -0.15) is 0 Å². The Morgan fingerprint density at radius 1 is 1.43 bits per heavy atom. The number of nitrogens with zero attached hydrogens (tertiary/aromatic N) is 1. The van der Waals surface area contributed by atoms with Crippen LogP contribution in [-0.4, -0.2) is 38.6 Å². The zero-order valence-electron chi connectivity index (χ0n) is 12.6. The van der Waals surface area contributed by atoms with Crippen molar-refractivity contribution in [1.82, 2.24) is 10.6 Å². The minimum atomic E-state index is 0.149. The minimum absolute atomic E-state index is 0.149. The maximum atomic E-state index is 11.9. The van der Waals surface area contributed by atoms with Gasteiger partial charge in [-0.15, -0.1) is 0 Å². The van der Waals surface area contributed by atoms with Crippen molar-refractivity contribution < 1.29 is 4.79 Å². The number of amides is 1. The first-order valence-corrected chi connectivity index (χ1v) is 8.02. The summed E-state index contributed by atoms with van der Waals surface area (Å²) in [7, 11) is 1.90. The van der Waals surface area contributed by atoms with E-state index < -0.39 is 0 Å². The number of carbonyl (C=O) groups is 1. The van der Waals surface area contributed by atoms with Crippen molar-refractivity contribution in [3.63, 3.8) is 0 Å². The summed E-state index contributed by atoms with van der Waals surface area (Å²) < 4.78 is 0. The molecule has 0 aromatic heterocycles. The van der Waals surface area contributed by atoms with Crippen LogP contribution in [0.25, 0.3) is 0 Å². The lowest BCUT2D eigenvalue weighted by molar-refractivity contribution is -0.121. The molecule has 1 unspecified atom stereocenters. The molecule has 1 fully saturated rings. The van der Waals surface area contributed by atoms with E-state index in [2.05, 4.69) is 15.5 Å². The smallest absolute Gasteiger partial charge is 0.220 e. The number of carbonyl (C=O) groups excluding carboxylic acids is 1. The van der Waals surface area contributed by atoms with Crippen LogP contribution in [0.3, 0.4) is 0 Å². The van der Waals surface area contributed by atoms with E-state index in [-0.39, 0.29) is 11.9 Å². The summed E-state index contributed by atoms with van der Waals surface area (Å²) in [5.74, 6) is 0.149. The van der Waals surface area contributed by atoms with Gasteiger partial charge in [0.05, 0.1) is 10.7 Å². The van der Waals surface area contributed by atoms with Crippen LogP contribution in [0.15, 0.2) is 24.3 Å². The fourth-order valence-electron chi connectivity index (χ4n) is 2.75. The SMILES string of the molecule is CNCCCC(=O)NC1CCCN(c2ccccc2Cl)C1. The third-order valence-corrected chi connectivity index (χ3v) is 4.13. The summed E-state index contributed by atoms with van der Waals surface area (Å²) in [5.41, 5.74) is 1.06. The van der Waals surface area contributed by atoms with E-state index >= 15 is 0 Å². The predicted octanol–water partition coefficient (Wildman–Crippen LogP) is 2.42. The Morgan fingerprint density at radius 2 is 2.24 bits per heavy atom. The molecule has 116 valence electrons. The summed E-state index contributed by atoms with van der Waals surface area (Å²) in [4.78, 5) is 14.2. The van der Waals surface area contributed by atoms with E-state index in [0.29, 0.717) is 6.42 Å². The van der Waals surface area contributed by atoms with E-state index in [9.17, 15) is 4.79 Å². The summed E-state index contributed by atoms with van der Waals surface area (Å²) in [6.07, 6.45) is 3.58. The number of hydrogen-bond acceptors (Lipinski definition) is 3. The van der Waals surface area contributed by atoms with Gasteiger partial charge in [0.1, 0.15) is 0 Å². The van der Waals surface area contributed by atoms with Crippen LogP contribution < -0.4 is 15.5 Å². The topological polar surface area (TPSA) is 44.4 Å². The van der Waals surface area contributed by atoms with Crippen molar-refractivity contribution in [1.29, 1.82) is 0 Å². The first-order valence-electron chi connectivity index (χ1n) is 7.64. The van der Waals surface area contributed by atoms with E-state index in [1.807, 2.05) is 31.3 Å². The van der Waals surface area contributed by atoms with Crippen LogP contribution in [0.1, 0.15) is 25.7 Å². The molecule has 1 heterocycles. The number of hydrogen-bond donors (Lipinski definition) is 2. The summed E-state index contributed by atoms with van der Waals surface area (Å²) >= 11 is 6.26. The molecule has 1 atom stereocenters. The standard InChI is InChI=1S/C16H24ClN3O/c1-18-10-4-9-16(21)19-13-6-5-11-20(12-13)15-8-3-2-7-14(15)17/h2-3,7-8,13,18H,4-6,9-12H2,1H3,(H,19,21). The van der Waals surface area contributed by atoms with Gasteiger partial charge in [-0.3, -0.25) is 4.79 Å². The van der Waals surface area contributed by atoms with Crippen molar-refractivity contribution in [2.24, 2.45) is 0 Å². The molecule has 1 saturated heterocycles. The minimum Gasteiger partial charge on any atom is -0.368 e. The van der Waals surface area contributed by atoms with E-state index in [0.717, 1.165) is 49.6 Å². The van der Waals surface area contributed by atoms with Crippen LogP contribution in [0.4, 0.5) is 5.69 Å². The maximum Gasteiger partial charge on any atom is 0.220 e. The van der Waals surface area contributed by atoms with Crippen LogP contribution in [-0.2, 0) is 4.79 Å². The lowest BCUT2D eigenvalue weighted by Crippen LogP contribution is -2.48. The van der Waals surface area contributed by atoms with Gasteiger partial charge >= 0.3 is 0 Å². The zero-order valence-corrected chi connectivity index (χ0v) is 13.3. The number of anilines is 1. The number of rotatable bonds is 6. The highest BCUT2D eigenvalue weighted by Crippen LogP contribution is 2.27. The number of nitrogens with one attached hydrogen (secondary N) is 2. The molecule has 0 radical (unpaired) electrons. The Bertz CT molecular complexity index is 467. The molecule has 1 aliphatic heterocycles. The lowest BCUT2D eigenvalue weighted by Gasteiger charge is -2.35. The van der Waals surface area contributed by atoms with Gasteiger partial charge in [0, 0.05) is 25.6 Å². The number of halogens is 1. The largest absolute Gasteiger partial charge is 0.368 e. The Balaban J connectivity index is 1.86. The number of benzene rings is 1. The molecule has 0 aliphatic carbocycles. The third kappa shape index (κ3) is 4.90. The van der Waals surface area contributed by atoms with Gasteiger partial charge in [0.25, 0.3) is 0 Å². The molecule has 1 amide bonds. The quantitative estimate of drug-likeness (QED) is 0.793. The van der Waals surface area contributed by atoms with Gasteiger partial charge in [0.15, 0.2) is 0 Å². The molecule has 1 aliphatic rings. The Kier molecular flexibility index (Phi) is 6.33. The average Bonchev–Trinajstić information content (AvgIpc) is 2.48. The van der Waals surface area contributed by atoms with E-state index in [4.69, 9.17) is 11.6 Å². The number of para-hydroxylation sites is 1. The van der Waals surface area contributed by atoms with Crippen molar-refractivity contribution in [3.8, 4) is 0 Å². The predicted molar refractivity (Wildman–Crippen MR) is 88.0 cm³/mol. The molecule has 1 aromatic carbocycles. The average molecular weight is 310 g/mol. The molecule has 2 N–H and O–H groups in total. The second kappa shape index (κ2) is 8.25. The monoisotopic (exact) mass is 309 g/mol. The highest BCUT2D eigenvalue weighted by Gasteiger charge is 2.22. The lowest BCUT2D eigenvalue weighted by atomic mass is 10.0. The zero-order chi connectivity index (χ0) is 15.1. The van der Waals surface area contributed by atoms with Gasteiger partial charge < -0.3 is 15.5 Å². The Morgan fingerprint density at radius 3 is 3.00 bits per heavy atom. The molecule has 5 heteroatoms. The Hall–Kier alpha value is -1.26. The molecule has 0 spiro atoms. The Labute approximate surface area is 131 Å². The fourth-order valence-corrected chi connectivity index (χ4v) is 3.00. The second-order valence-electron chi connectivity index (χ2n) is 5.51. The van der Waals surface area contributed by atoms with E-state index in [1.165, 1.54) is 0 Å². The highest BCUT2D eigenvalue weighted by atomic mass is 35.5. The molecule has 2 rings (SSSR count). The molecule has 1 aromatic rings. The van der Waals surface area contributed by atoms with Gasteiger partial charge in [-0.1, -0.05) is 23.7 Å². The highest BCUT2D eigenvalue weighted by molar-refractivity contribution is 6.33. The van der Waals surface area contributed by atoms with E-state index in [1.54, 1.807) is 0 Å². The van der Waals surface area contributed by atoms with Crippen molar-refractivity contribution in [2.75, 3.05) is 31.6 Å². The normalized spacial score (nSPS) is 18.6.